The molecule has 1 aromatic rings. The Morgan fingerprint density at radius 2 is 1.67 bits per heavy atom. The molecule has 0 fully saturated rings. The molecule has 2 rings (SSSR count). The first kappa shape index (κ1) is 17.9. The molecule has 0 atom stereocenters. The fourth-order valence-corrected chi connectivity index (χ4v) is 2.86. The molecule has 0 saturated heterocycles. The first-order chi connectivity index (χ1) is 11.5. The van der Waals surface area contributed by atoms with Gasteiger partial charge in [0, 0.05) is 23.8 Å². The maximum atomic E-state index is 12.7. The molecule has 0 N–H and O–H groups in total. The van der Waals surface area contributed by atoms with E-state index in [4.69, 9.17) is 4.74 Å². The van der Waals surface area contributed by atoms with Crippen molar-refractivity contribution >= 4 is 17.7 Å². The van der Waals surface area contributed by atoms with Crippen molar-refractivity contribution in [3.05, 3.63) is 47.0 Å². The number of hydrogen-bond acceptors (Lipinski definition) is 4. The van der Waals surface area contributed by atoms with E-state index >= 15 is 0 Å². The van der Waals surface area contributed by atoms with Crippen molar-refractivity contribution in [3.8, 4) is 0 Å². The highest BCUT2D eigenvalue weighted by Gasteiger charge is 2.27. The third-order valence-corrected chi connectivity index (χ3v) is 4.05. The highest BCUT2D eigenvalue weighted by atomic mass is 16.5. The lowest BCUT2D eigenvalue weighted by molar-refractivity contribution is -0.147. The van der Waals surface area contributed by atoms with Crippen molar-refractivity contribution in [3.63, 3.8) is 0 Å². The summed E-state index contributed by atoms with van der Waals surface area (Å²) in [6.45, 7) is 1.89. The molecule has 0 bridgehead atoms. The van der Waals surface area contributed by atoms with E-state index in [0.29, 0.717) is 29.6 Å². The predicted octanol–water partition coefficient (Wildman–Crippen LogP) is 2.76. The lowest BCUT2D eigenvalue weighted by Gasteiger charge is -2.23. The molecule has 1 aromatic carbocycles. The zero-order valence-corrected chi connectivity index (χ0v) is 14.2. The Bertz CT molecular complexity index is 649. The Morgan fingerprint density at radius 1 is 1.04 bits per heavy atom. The van der Waals surface area contributed by atoms with E-state index in [-0.39, 0.29) is 24.8 Å². The molecule has 0 unspecified atom stereocenters. The highest BCUT2D eigenvalue weighted by molar-refractivity contribution is 6.13. The third kappa shape index (κ3) is 4.31. The van der Waals surface area contributed by atoms with Gasteiger partial charge in [0.15, 0.2) is 5.78 Å². The Hall–Kier alpha value is -2.43. The SMILES string of the molecule is CCOC(=O)CN(C)C(=O)C1=C(C(=O)c2ccccc2)CCCC1. The number of nitrogens with zero attached hydrogens (tertiary/aromatic N) is 1. The Morgan fingerprint density at radius 3 is 2.29 bits per heavy atom. The summed E-state index contributed by atoms with van der Waals surface area (Å²) in [5.74, 6) is -0.800. The number of ketones is 1. The molecule has 1 aliphatic rings. The molecule has 1 aliphatic carbocycles. The minimum atomic E-state index is -0.444. The summed E-state index contributed by atoms with van der Waals surface area (Å²) in [5.41, 5.74) is 1.70. The molecular formula is C19H23NO4. The number of carbonyl (C=O) groups excluding carboxylic acids is 3. The molecule has 0 heterocycles. The van der Waals surface area contributed by atoms with Gasteiger partial charge in [-0.3, -0.25) is 14.4 Å². The number of ether oxygens (including phenoxy) is 1. The van der Waals surface area contributed by atoms with Crippen molar-refractivity contribution in [1.29, 1.82) is 0 Å². The zero-order valence-electron chi connectivity index (χ0n) is 14.2. The van der Waals surface area contributed by atoms with Gasteiger partial charge in [0.1, 0.15) is 6.54 Å². The number of benzene rings is 1. The Kier molecular flexibility index (Phi) is 6.29. The van der Waals surface area contributed by atoms with Gasteiger partial charge in [-0.05, 0) is 32.6 Å². The van der Waals surface area contributed by atoms with Gasteiger partial charge in [0.2, 0.25) is 5.91 Å². The van der Waals surface area contributed by atoms with Crippen molar-refractivity contribution in [2.75, 3.05) is 20.2 Å². The number of rotatable bonds is 6. The van der Waals surface area contributed by atoms with Gasteiger partial charge in [-0.2, -0.15) is 0 Å². The average molecular weight is 329 g/mol. The van der Waals surface area contributed by atoms with Crippen LogP contribution in [0.25, 0.3) is 0 Å². The van der Waals surface area contributed by atoms with Crippen molar-refractivity contribution in [1.82, 2.24) is 4.90 Å². The number of likely N-dealkylation sites (N-methyl/N-ethyl adjacent to an activating group) is 1. The van der Waals surface area contributed by atoms with Crippen LogP contribution in [0.1, 0.15) is 43.0 Å². The van der Waals surface area contributed by atoms with Crippen LogP contribution in [0.3, 0.4) is 0 Å². The molecule has 128 valence electrons. The van der Waals surface area contributed by atoms with Crippen LogP contribution < -0.4 is 0 Å². The second-order valence-electron chi connectivity index (χ2n) is 5.83. The van der Waals surface area contributed by atoms with E-state index < -0.39 is 5.97 Å². The molecule has 0 spiro atoms. The van der Waals surface area contributed by atoms with Crippen molar-refractivity contribution < 1.29 is 19.1 Å². The van der Waals surface area contributed by atoms with Gasteiger partial charge in [-0.1, -0.05) is 30.3 Å². The minimum Gasteiger partial charge on any atom is -0.465 e. The summed E-state index contributed by atoms with van der Waals surface area (Å²) in [7, 11) is 1.56. The largest absolute Gasteiger partial charge is 0.465 e. The average Bonchev–Trinajstić information content (AvgIpc) is 2.61. The number of allylic oxidation sites excluding steroid dienone is 1. The summed E-state index contributed by atoms with van der Waals surface area (Å²) in [6, 6.07) is 8.99. The van der Waals surface area contributed by atoms with Crippen LogP contribution in [0.2, 0.25) is 0 Å². The number of hydrogen-bond donors (Lipinski definition) is 0. The molecule has 0 saturated carbocycles. The van der Waals surface area contributed by atoms with Crippen LogP contribution >= 0.6 is 0 Å². The topological polar surface area (TPSA) is 63.7 Å². The van der Waals surface area contributed by atoms with E-state index in [2.05, 4.69) is 0 Å². The highest BCUT2D eigenvalue weighted by Crippen LogP contribution is 2.28. The number of esters is 1. The summed E-state index contributed by atoms with van der Waals surface area (Å²) < 4.78 is 4.88. The van der Waals surface area contributed by atoms with E-state index in [9.17, 15) is 14.4 Å². The molecule has 1 amide bonds. The van der Waals surface area contributed by atoms with Crippen LogP contribution in [0.4, 0.5) is 0 Å². The summed E-state index contributed by atoms with van der Waals surface area (Å²) >= 11 is 0. The lowest BCUT2D eigenvalue weighted by atomic mass is 9.86. The predicted molar refractivity (Wildman–Crippen MR) is 90.5 cm³/mol. The monoisotopic (exact) mass is 329 g/mol. The molecule has 24 heavy (non-hydrogen) atoms. The van der Waals surface area contributed by atoms with Crippen LogP contribution in [-0.2, 0) is 14.3 Å². The number of Topliss-reactive ketones (excluding diaryl/α,β-unsaturated/α-hetero) is 1. The molecule has 5 heteroatoms. The van der Waals surface area contributed by atoms with Gasteiger partial charge >= 0.3 is 5.97 Å². The minimum absolute atomic E-state index is 0.0943. The van der Waals surface area contributed by atoms with Gasteiger partial charge in [-0.25, -0.2) is 0 Å². The molecule has 0 radical (unpaired) electrons. The van der Waals surface area contributed by atoms with E-state index in [0.717, 1.165) is 12.8 Å². The quantitative estimate of drug-likeness (QED) is 0.595. The Balaban J connectivity index is 2.23. The Labute approximate surface area is 142 Å². The molecule has 0 aliphatic heterocycles. The summed E-state index contributed by atoms with van der Waals surface area (Å²) in [6.07, 6.45) is 2.94. The first-order valence-corrected chi connectivity index (χ1v) is 8.27. The van der Waals surface area contributed by atoms with E-state index in [1.165, 1.54) is 4.90 Å². The van der Waals surface area contributed by atoms with E-state index in [1.807, 2.05) is 18.2 Å². The van der Waals surface area contributed by atoms with Gasteiger partial charge in [0.05, 0.1) is 6.61 Å². The fourth-order valence-electron chi connectivity index (χ4n) is 2.86. The third-order valence-electron chi connectivity index (χ3n) is 4.05. The van der Waals surface area contributed by atoms with Crippen LogP contribution in [0, 0.1) is 0 Å². The number of carbonyl (C=O) groups is 3. The fraction of sp³-hybridized carbons (Fsp3) is 0.421. The van der Waals surface area contributed by atoms with Crippen LogP contribution in [-0.4, -0.2) is 42.8 Å². The molecule has 0 aromatic heterocycles. The number of amides is 1. The molecule has 5 nitrogen and oxygen atoms in total. The van der Waals surface area contributed by atoms with Crippen molar-refractivity contribution in [2.45, 2.75) is 32.6 Å². The first-order valence-electron chi connectivity index (χ1n) is 8.27. The maximum absolute atomic E-state index is 12.7. The maximum Gasteiger partial charge on any atom is 0.325 e. The van der Waals surface area contributed by atoms with Gasteiger partial charge in [0.25, 0.3) is 0 Å². The smallest absolute Gasteiger partial charge is 0.325 e. The second kappa shape index (κ2) is 8.43. The zero-order chi connectivity index (χ0) is 17.5. The lowest BCUT2D eigenvalue weighted by Crippen LogP contribution is -2.35. The van der Waals surface area contributed by atoms with Crippen LogP contribution in [0.15, 0.2) is 41.5 Å². The van der Waals surface area contributed by atoms with Crippen LogP contribution in [0.5, 0.6) is 0 Å². The van der Waals surface area contributed by atoms with Gasteiger partial charge in [-0.15, -0.1) is 0 Å². The second-order valence-corrected chi connectivity index (χ2v) is 5.83. The van der Waals surface area contributed by atoms with Gasteiger partial charge < -0.3 is 9.64 Å². The normalized spacial score (nSPS) is 14.2. The van der Waals surface area contributed by atoms with Crippen molar-refractivity contribution in [2.24, 2.45) is 0 Å². The summed E-state index contributed by atoms with van der Waals surface area (Å²) in [5, 5.41) is 0. The standard InChI is InChI=1S/C19H23NO4/c1-3-24-17(21)13-20(2)19(23)16-12-8-7-11-15(16)18(22)14-9-5-4-6-10-14/h4-6,9-10H,3,7-8,11-13H2,1-2H3. The summed E-state index contributed by atoms with van der Waals surface area (Å²) in [4.78, 5) is 38.3. The van der Waals surface area contributed by atoms with E-state index in [1.54, 1.807) is 26.1 Å². The molecular weight excluding hydrogens is 306 g/mol.